The summed E-state index contributed by atoms with van der Waals surface area (Å²) in [4.78, 5) is 11.0. The Hall–Kier alpha value is -0.990. The van der Waals surface area contributed by atoms with E-state index in [4.69, 9.17) is 9.47 Å². The number of cyclic esters (lactones) is 1. The van der Waals surface area contributed by atoms with Crippen LogP contribution in [0.4, 0.5) is 0 Å². The first-order valence-corrected chi connectivity index (χ1v) is 3.71. The first kappa shape index (κ1) is 8.11. The fourth-order valence-electron chi connectivity index (χ4n) is 0.965. The van der Waals surface area contributed by atoms with Gasteiger partial charge in [-0.2, -0.15) is 0 Å². The van der Waals surface area contributed by atoms with Crippen LogP contribution in [0.25, 0.3) is 0 Å². The first-order chi connectivity index (χ1) is 5.16. The standard InChI is InChI=1S/C8H12O3/c1-4-10-7-5(2)6(3)11-8(7)9/h6H,4H2,1-3H3. The molecule has 0 amide bonds. The number of hydrogen-bond donors (Lipinski definition) is 0. The lowest BCUT2D eigenvalue weighted by molar-refractivity contribution is -0.142. The Bertz CT molecular complexity index is 205. The van der Waals surface area contributed by atoms with Gasteiger partial charge in [0.25, 0.3) is 0 Å². The van der Waals surface area contributed by atoms with Gasteiger partial charge in [-0.15, -0.1) is 0 Å². The fourth-order valence-corrected chi connectivity index (χ4v) is 0.965. The molecule has 0 radical (unpaired) electrons. The monoisotopic (exact) mass is 156 g/mol. The number of hydrogen-bond acceptors (Lipinski definition) is 3. The molecule has 1 unspecified atom stereocenters. The summed E-state index contributed by atoms with van der Waals surface area (Å²) in [5.74, 6) is 0.0526. The molecule has 0 bridgehead atoms. The van der Waals surface area contributed by atoms with Gasteiger partial charge in [0.1, 0.15) is 6.10 Å². The zero-order chi connectivity index (χ0) is 8.43. The zero-order valence-electron chi connectivity index (χ0n) is 7.01. The maximum Gasteiger partial charge on any atom is 0.374 e. The van der Waals surface area contributed by atoms with E-state index in [1.165, 1.54) is 0 Å². The number of ether oxygens (including phenoxy) is 2. The van der Waals surface area contributed by atoms with Crippen LogP contribution in [0.1, 0.15) is 20.8 Å². The van der Waals surface area contributed by atoms with Crippen LogP contribution in [-0.2, 0) is 14.3 Å². The fraction of sp³-hybridized carbons (Fsp3) is 0.625. The molecule has 0 aromatic heterocycles. The molecule has 1 heterocycles. The molecule has 1 rings (SSSR count). The van der Waals surface area contributed by atoms with Gasteiger partial charge >= 0.3 is 5.97 Å². The van der Waals surface area contributed by atoms with Gasteiger partial charge in [0, 0.05) is 5.57 Å². The second-order valence-electron chi connectivity index (χ2n) is 2.49. The Kier molecular flexibility index (Phi) is 2.17. The topological polar surface area (TPSA) is 35.5 Å². The zero-order valence-corrected chi connectivity index (χ0v) is 7.01. The Morgan fingerprint density at radius 1 is 1.64 bits per heavy atom. The summed E-state index contributed by atoms with van der Waals surface area (Å²) < 4.78 is 10.0. The lowest BCUT2D eigenvalue weighted by Crippen LogP contribution is -2.05. The van der Waals surface area contributed by atoms with Crippen molar-refractivity contribution in [2.45, 2.75) is 26.9 Å². The van der Waals surface area contributed by atoms with E-state index in [9.17, 15) is 4.79 Å². The third-order valence-electron chi connectivity index (χ3n) is 1.73. The van der Waals surface area contributed by atoms with Crippen LogP contribution < -0.4 is 0 Å². The summed E-state index contributed by atoms with van der Waals surface area (Å²) in [6, 6.07) is 0. The van der Waals surface area contributed by atoms with E-state index in [2.05, 4.69) is 0 Å². The molecular weight excluding hydrogens is 144 g/mol. The minimum Gasteiger partial charge on any atom is -0.487 e. The summed E-state index contributed by atoms with van der Waals surface area (Å²) in [5, 5.41) is 0. The summed E-state index contributed by atoms with van der Waals surface area (Å²) >= 11 is 0. The Labute approximate surface area is 66.0 Å². The van der Waals surface area contributed by atoms with Gasteiger partial charge in [-0.25, -0.2) is 4.79 Å². The Morgan fingerprint density at radius 3 is 2.64 bits per heavy atom. The molecule has 0 aromatic rings. The van der Waals surface area contributed by atoms with Crippen molar-refractivity contribution < 1.29 is 14.3 Å². The van der Waals surface area contributed by atoms with Crippen LogP contribution in [0.15, 0.2) is 11.3 Å². The number of carbonyl (C=O) groups is 1. The number of esters is 1. The lowest BCUT2D eigenvalue weighted by Gasteiger charge is -2.00. The number of rotatable bonds is 2. The van der Waals surface area contributed by atoms with Gasteiger partial charge in [0.05, 0.1) is 6.61 Å². The van der Waals surface area contributed by atoms with E-state index >= 15 is 0 Å². The molecule has 1 aliphatic rings. The molecule has 0 aromatic carbocycles. The van der Waals surface area contributed by atoms with Gasteiger partial charge in [0.15, 0.2) is 0 Å². The van der Waals surface area contributed by atoms with Gasteiger partial charge in [-0.1, -0.05) is 0 Å². The van der Waals surface area contributed by atoms with E-state index in [0.29, 0.717) is 12.4 Å². The van der Waals surface area contributed by atoms with Crippen molar-refractivity contribution in [3.63, 3.8) is 0 Å². The third kappa shape index (κ3) is 1.37. The highest BCUT2D eigenvalue weighted by Gasteiger charge is 2.29. The molecule has 11 heavy (non-hydrogen) atoms. The number of carbonyl (C=O) groups excluding carboxylic acids is 1. The predicted molar refractivity (Wildman–Crippen MR) is 39.9 cm³/mol. The maximum atomic E-state index is 11.0. The molecule has 0 spiro atoms. The first-order valence-electron chi connectivity index (χ1n) is 3.71. The Morgan fingerprint density at radius 2 is 2.27 bits per heavy atom. The van der Waals surface area contributed by atoms with Crippen molar-refractivity contribution in [1.29, 1.82) is 0 Å². The summed E-state index contributed by atoms with van der Waals surface area (Å²) in [5.41, 5.74) is 0.886. The van der Waals surface area contributed by atoms with Crippen LogP contribution in [0.5, 0.6) is 0 Å². The van der Waals surface area contributed by atoms with Crippen molar-refractivity contribution in [3.05, 3.63) is 11.3 Å². The molecule has 1 atom stereocenters. The van der Waals surface area contributed by atoms with Crippen molar-refractivity contribution in [3.8, 4) is 0 Å². The predicted octanol–water partition coefficient (Wildman–Crippen LogP) is 1.24. The molecule has 1 aliphatic heterocycles. The van der Waals surface area contributed by atoms with E-state index < -0.39 is 0 Å². The highest BCUT2D eigenvalue weighted by atomic mass is 16.6. The minimum absolute atomic E-state index is 0.121. The quantitative estimate of drug-likeness (QED) is 0.564. The molecule has 3 heteroatoms. The molecule has 3 nitrogen and oxygen atoms in total. The van der Waals surface area contributed by atoms with E-state index in [0.717, 1.165) is 5.57 Å². The average Bonchev–Trinajstić information content (AvgIpc) is 2.17. The molecule has 0 saturated carbocycles. The summed E-state index contributed by atoms with van der Waals surface area (Å²) in [6.45, 7) is 6.03. The van der Waals surface area contributed by atoms with E-state index in [1.54, 1.807) is 0 Å². The SMILES string of the molecule is CCOC1=C(C)C(C)OC1=O. The minimum atomic E-state index is -0.336. The second kappa shape index (κ2) is 2.95. The van der Waals surface area contributed by atoms with E-state index in [1.807, 2.05) is 20.8 Å². The normalized spacial score (nSPS) is 23.9. The van der Waals surface area contributed by atoms with Gasteiger partial charge in [0.2, 0.25) is 5.76 Å². The molecule has 0 fully saturated rings. The third-order valence-corrected chi connectivity index (χ3v) is 1.73. The summed E-state index contributed by atoms with van der Waals surface area (Å²) in [7, 11) is 0. The highest BCUT2D eigenvalue weighted by Crippen LogP contribution is 2.22. The molecule has 0 N–H and O–H groups in total. The maximum absolute atomic E-state index is 11.0. The van der Waals surface area contributed by atoms with Crippen LogP contribution in [0.2, 0.25) is 0 Å². The molecule has 62 valence electrons. The largest absolute Gasteiger partial charge is 0.487 e. The van der Waals surface area contributed by atoms with Crippen LogP contribution in [0.3, 0.4) is 0 Å². The highest BCUT2D eigenvalue weighted by molar-refractivity contribution is 5.89. The van der Waals surface area contributed by atoms with Crippen LogP contribution in [-0.4, -0.2) is 18.7 Å². The van der Waals surface area contributed by atoms with Crippen molar-refractivity contribution >= 4 is 5.97 Å². The van der Waals surface area contributed by atoms with Crippen molar-refractivity contribution in [2.24, 2.45) is 0 Å². The molecular formula is C8H12O3. The van der Waals surface area contributed by atoms with Crippen LogP contribution in [0, 0.1) is 0 Å². The average molecular weight is 156 g/mol. The van der Waals surface area contributed by atoms with Crippen molar-refractivity contribution in [1.82, 2.24) is 0 Å². The summed E-state index contributed by atoms with van der Waals surface area (Å²) in [6.07, 6.45) is -0.121. The van der Waals surface area contributed by atoms with Crippen LogP contribution >= 0.6 is 0 Å². The van der Waals surface area contributed by atoms with Gasteiger partial charge in [-0.3, -0.25) is 0 Å². The van der Waals surface area contributed by atoms with E-state index in [-0.39, 0.29) is 12.1 Å². The molecule has 0 aliphatic carbocycles. The van der Waals surface area contributed by atoms with Gasteiger partial charge in [-0.05, 0) is 20.8 Å². The molecule has 0 saturated heterocycles. The smallest absolute Gasteiger partial charge is 0.374 e. The lowest BCUT2D eigenvalue weighted by atomic mass is 10.2. The Balaban J connectivity index is 2.79. The second-order valence-corrected chi connectivity index (χ2v) is 2.49. The van der Waals surface area contributed by atoms with Crippen molar-refractivity contribution in [2.75, 3.05) is 6.61 Å². The van der Waals surface area contributed by atoms with Gasteiger partial charge < -0.3 is 9.47 Å².